The number of hydrogen-bond donors (Lipinski definition) is 0. The highest BCUT2D eigenvalue weighted by Gasteiger charge is 2.34. The van der Waals surface area contributed by atoms with Crippen LogP contribution in [0.5, 0.6) is 0 Å². The predicted molar refractivity (Wildman–Crippen MR) is 111 cm³/mol. The first-order chi connectivity index (χ1) is 14.3. The normalized spacial score (nSPS) is 23.9. The lowest BCUT2D eigenvalue weighted by molar-refractivity contribution is 0.0736. The Morgan fingerprint density at radius 1 is 1.13 bits per heavy atom. The maximum Gasteiger partial charge on any atom is 0.276 e. The highest BCUT2D eigenvalue weighted by Crippen LogP contribution is 2.40. The number of carbonyl (C=O) groups excluding carboxylic acids is 1. The minimum absolute atomic E-state index is 0.0781. The van der Waals surface area contributed by atoms with E-state index in [9.17, 15) is 13.2 Å². The molecule has 2 saturated heterocycles. The lowest BCUT2D eigenvalue weighted by Crippen LogP contribution is -2.49. The summed E-state index contributed by atoms with van der Waals surface area (Å²) in [5.41, 5.74) is 3.36. The Bertz CT molecular complexity index is 1080. The van der Waals surface area contributed by atoms with Gasteiger partial charge in [0.2, 0.25) is 0 Å². The summed E-state index contributed by atoms with van der Waals surface area (Å²) in [4.78, 5) is 16.9. The zero-order valence-corrected chi connectivity index (χ0v) is 18.2. The molecule has 0 aromatic carbocycles. The van der Waals surface area contributed by atoms with Crippen molar-refractivity contribution in [2.45, 2.75) is 45.1 Å². The largest absolute Gasteiger partial charge is 0.365 e. The molecular weight excluding hydrogens is 406 g/mol. The second-order valence-corrected chi connectivity index (χ2v) is 10.9. The van der Waals surface area contributed by atoms with E-state index in [4.69, 9.17) is 4.52 Å². The summed E-state index contributed by atoms with van der Waals surface area (Å²) in [7, 11) is -2.96. The van der Waals surface area contributed by atoms with Crippen molar-refractivity contribution < 1.29 is 17.7 Å². The van der Waals surface area contributed by atoms with E-state index in [1.807, 2.05) is 23.4 Å². The molecule has 1 saturated carbocycles. The summed E-state index contributed by atoms with van der Waals surface area (Å²) in [5, 5.41) is 8.64. The molecule has 0 bridgehead atoms. The minimum atomic E-state index is -2.96. The van der Waals surface area contributed by atoms with E-state index in [2.05, 4.69) is 15.2 Å². The molecular formula is C20H27N5O4S. The van der Waals surface area contributed by atoms with Gasteiger partial charge in [0, 0.05) is 38.2 Å². The SMILES string of the molecule is Cc1nn(C2CCS(=O)(=O)C2)c(C)c1N1CCN(C(=O)c2cc(C3CC3)on2)CC1. The van der Waals surface area contributed by atoms with Crippen molar-refractivity contribution in [3.63, 3.8) is 0 Å². The molecule has 2 aromatic rings. The second-order valence-electron chi connectivity index (χ2n) is 8.69. The summed E-state index contributed by atoms with van der Waals surface area (Å²) < 4.78 is 31.0. The molecule has 1 unspecified atom stereocenters. The molecule has 2 aliphatic heterocycles. The second kappa shape index (κ2) is 7.11. The van der Waals surface area contributed by atoms with Crippen LogP contribution in [-0.4, -0.2) is 71.8 Å². The van der Waals surface area contributed by atoms with Gasteiger partial charge in [0.1, 0.15) is 5.76 Å². The number of amides is 1. The van der Waals surface area contributed by atoms with Gasteiger partial charge in [-0.15, -0.1) is 0 Å². The lowest BCUT2D eigenvalue weighted by atomic mass is 10.2. The number of aromatic nitrogens is 3. The number of nitrogens with zero attached hydrogens (tertiary/aromatic N) is 5. The monoisotopic (exact) mass is 433 g/mol. The van der Waals surface area contributed by atoms with Crippen LogP contribution in [0.15, 0.2) is 10.6 Å². The number of hydrogen-bond acceptors (Lipinski definition) is 7. The van der Waals surface area contributed by atoms with Crippen molar-refractivity contribution in [1.29, 1.82) is 0 Å². The Morgan fingerprint density at radius 2 is 1.87 bits per heavy atom. The highest BCUT2D eigenvalue weighted by atomic mass is 32.2. The van der Waals surface area contributed by atoms with E-state index in [0.717, 1.165) is 35.7 Å². The number of piperazine rings is 1. The molecule has 30 heavy (non-hydrogen) atoms. The van der Waals surface area contributed by atoms with Crippen molar-refractivity contribution in [3.8, 4) is 0 Å². The number of sulfone groups is 1. The fraction of sp³-hybridized carbons (Fsp3) is 0.650. The van der Waals surface area contributed by atoms with Crippen LogP contribution in [-0.2, 0) is 9.84 Å². The summed E-state index contributed by atoms with van der Waals surface area (Å²) in [6.45, 7) is 6.59. The Balaban J connectivity index is 1.27. The standard InChI is InChI=1S/C20H27N5O4S/c1-13-19(14(2)25(21-13)16-5-10-30(27,28)12-16)23-6-8-24(9-7-23)20(26)17-11-18(29-22-17)15-3-4-15/h11,15-16H,3-10,12H2,1-2H3. The Hall–Kier alpha value is -2.36. The molecule has 9 nitrogen and oxygen atoms in total. The van der Waals surface area contributed by atoms with Crippen molar-refractivity contribution >= 4 is 21.4 Å². The maximum absolute atomic E-state index is 12.8. The molecule has 10 heteroatoms. The van der Waals surface area contributed by atoms with Crippen LogP contribution in [0.3, 0.4) is 0 Å². The molecule has 4 heterocycles. The number of anilines is 1. The Kier molecular flexibility index (Phi) is 4.64. The van der Waals surface area contributed by atoms with Gasteiger partial charge in [0.05, 0.1) is 34.6 Å². The maximum atomic E-state index is 12.8. The van der Waals surface area contributed by atoms with Crippen LogP contribution >= 0.6 is 0 Å². The first-order valence-electron chi connectivity index (χ1n) is 10.6. The van der Waals surface area contributed by atoms with Gasteiger partial charge in [-0.2, -0.15) is 5.10 Å². The zero-order chi connectivity index (χ0) is 21.0. The van der Waals surface area contributed by atoms with Gasteiger partial charge in [-0.3, -0.25) is 9.48 Å². The third-order valence-electron chi connectivity index (χ3n) is 6.45. The molecule has 0 spiro atoms. The number of aryl methyl sites for hydroxylation is 1. The molecule has 1 amide bonds. The average Bonchev–Trinajstić information content (AvgIpc) is 3.21. The summed E-state index contributed by atoms with van der Waals surface area (Å²) in [5.74, 6) is 1.58. The zero-order valence-electron chi connectivity index (χ0n) is 17.4. The van der Waals surface area contributed by atoms with E-state index in [-0.39, 0.29) is 23.5 Å². The Morgan fingerprint density at radius 3 is 2.50 bits per heavy atom. The molecule has 5 rings (SSSR count). The number of rotatable bonds is 4. The number of carbonyl (C=O) groups is 1. The van der Waals surface area contributed by atoms with E-state index < -0.39 is 9.84 Å². The molecule has 2 aromatic heterocycles. The van der Waals surface area contributed by atoms with Crippen molar-refractivity contribution in [2.24, 2.45) is 0 Å². The highest BCUT2D eigenvalue weighted by molar-refractivity contribution is 7.91. The van der Waals surface area contributed by atoms with Gasteiger partial charge in [-0.1, -0.05) is 5.16 Å². The van der Waals surface area contributed by atoms with Crippen molar-refractivity contribution in [3.05, 3.63) is 28.9 Å². The van der Waals surface area contributed by atoms with Crippen molar-refractivity contribution in [1.82, 2.24) is 19.8 Å². The molecule has 162 valence electrons. The molecule has 0 N–H and O–H groups in total. The third kappa shape index (κ3) is 3.51. The van der Waals surface area contributed by atoms with Crippen molar-refractivity contribution in [2.75, 3.05) is 42.6 Å². The average molecular weight is 434 g/mol. The van der Waals surface area contributed by atoms with Crippen LogP contribution < -0.4 is 4.90 Å². The first-order valence-corrected chi connectivity index (χ1v) is 12.4. The predicted octanol–water partition coefficient (Wildman–Crippen LogP) is 1.69. The fourth-order valence-electron chi connectivity index (χ4n) is 4.68. The summed E-state index contributed by atoms with van der Waals surface area (Å²) >= 11 is 0. The van der Waals surface area contributed by atoms with Gasteiger partial charge in [0.25, 0.3) is 5.91 Å². The van der Waals surface area contributed by atoms with Crippen LogP contribution in [0, 0.1) is 13.8 Å². The van der Waals surface area contributed by atoms with Gasteiger partial charge in [0.15, 0.2) is 15.5 Å². The summed E-state index contributed by atoms with van der Waals surface area (Å²) in [6.07, 6.45) is 2.84. The molecule has 1 aliphatic carbocycles. The summed E-state index contributed by atoms with van der Waals surface area (Å²) in [6, 6.07) is 1.71. The molecule has 1 atom stereocenters. The van der Waals surface area contributed by atoms with Gasteiger partial charge in [-0.25, -0.2) is 8.42 Å². The van der Waals surface area contributed by atoms with Crippen LogP contribution in [0.1, 0.15) is 58.9 Å². The van der Waals surface area contributed by atoms with Crippen LogP contribution in [0.4, 0.5) is 5.69 Å². The molecule has 3 aliphatic rings. The van der Waals surface area contributed by atoms with Gasteiger partial charge in [-0.05, 0) is 33.1 Å². The minimum Gasteiger partial charge on any atom is -0.365 e. The smallest absolute Gasteiger partial charge is 0.276 e. The molecule has 0 radical (unpaired) electrons. The van der Waals surface area contributed by atoms with E-state index >= 15 is 0 Å². The van der Waals surface area contributed by atoms with Gasteiger partial charge >= 0.3 is 0 Å². The lowest BCUT2D eigenvalue weighted by Gasteiger charge is -2.36. The Labute approximate surface area is 175 Å². The third-order valence-corrected chi connectivity index (χ3v) is 8.20. The quantitative estimate of drug-likeness (QED) is 0.723. The van der Waals surface area contributed by atoms with E-state index in [1.54, 1.807) is 6.07 Å². The van der Waals surface area contributed by atoms with E-state index in [0.29, 0.717) is 44.2 Å². The fourth-order valence-corrected chi connectivity index (χ4v) is 6.37. The topological polar surface area (TPSA) is 102 Å². The molecule has 3 fully saturated rings. The van der Waals surface area contributed by atoms with Crippen LogP contribution in [0.2, 0.25) is 0 Å². The van der Waals surface area contributed by atoms with Gasteiger partial charge < -0.3 is 14.3 Å². The first kappa shape index (κ1) is 19.6. The van der Waals surface area contributed by atoms with Crippen LogP contribution in [0.25, 0.3) is 0 Å². The van der Waals surface area contributed by atoms with E-state index in [1.165, 1.54) is 0 Å².